The zero-order chi connectivity index (χ0) is 23.4. The summed E-state index contributed by atoms with van der Waals surface area (Å²) in [6.45, 7) is 1.33. The maximum absolute atomic E-state index is 12.9. The number of ketones is 3. The van der Waals surface area contributed by atoms with E-state index in [9.17, 15) is 28.8 Å². The Bertz CT molecular complexity index is 1330. The van der Waals surface area contributed by atoms with Crippen molar-refractivity contribution in [3.05, 3.63) is 70.1 Å². The van der Waals surface area contributed by atoms with E-state index in [-0.39, 0.29) is 22.6 Å². The van der Waals surface area contributed by atoms with Crippen molar-refractivity contribution in [2.45, 2.75) is 12.8 Å². The van der Waals surface area contributed by atoms with E-state index < -0.39 is 40.6 Å². The monoisotopic (exact) mass is 435 g/mol. The fraction of sp³-hybridized carbons (Fsp3) is 0.136. The van der Waals surface area contributed by atoms with Gasteiger partial charge in [0.05, 0.1) is 18.1 Å². The van der Waals surface area contributed by atoms with Crippen LogP contribution in [-0.2, 0) is 23.9 Å². The van der Waals surface area contributed by atoms with E-state index in [1.807, 2.05) is 0 Å². The van der Waals surface area contributed by atoms with Crippen molar-refractivity contribution in [3.8, 4) is 0 Å². The molecule has 0 saturated heterocycles. The van der Waals surface area contributed by atoms with E-state index in [4.69, 9.17) is 0 Å². The zero-order valence-corrected chi connectivity index (χ0v) is 17.0. The second-order valence-electron chi connectivity index (χ2n) is 6.71. The van der Waals surface area contributed by atoms with Gasteiger partial charge >= 0.3 is 5.97 Å². The number of hydrogen-bond donors (Lipinski definition) is 2. The fourth-order valence-electron chi connectivity index (χ4n) is 2.96. The number of hydrogen-bond acceptors (Lipinski definition) is 8. The van der Waals surface area contributed by atoms with Gasteiger partial charge in [-0.2, -0.15) is 0 Å². The number of nitrogens with one attached hydrogen (secondary N) is 2. The number of Topliss-reactive ketones (excluding diaryl/α,β-unsaturated/α-hetero) is 3. The Morgan fingerprint density at radius 1 is 1.00 bits per heavy atom. The minimum Gasteiger partial charge on any atom is -0.463 e. The molecule has 0 aliphatic rings. The standard InChI is InChI=1S/C22H17N3O7/c1-11(26)12-6-5-7-13(10-12)23-21(30)18(27)16(19(28)22(31)32-2)17-20(29)25-15-9-4-3-8-14(15)24-17/h3-10,16H,1-2H3,(H,23,30)(H,25,29)/t16-/m0/s1. The summed E-state index contributed by atoms with van der Waals surface area (Å²) in [5, 5.41) is 2.27. The summed E-state index contributed by atoms with van der Waals surface area (Å²) < 4.78 is 4.38. The van der Waals surface area contributed by atoms with Crippen molar-refractivity contribution in [1.82, 2.24) is 9.97 Å². The molecule has 3 aromatic rings. The summed E-state index contributed by atoms with van der Waals surface area (Å²) in [5.74, 6) is -7.88. The number of fused-ring (bicyclic) bond motifs is 1. The highest BCUT2D eigenvalue weighted by molar-refractivity contribution is 6.52. The topological polar surface area (TPSA) is 152 Å². The third-order valence-corrected chi connectivity index (χ3v) is 4.56. The molecule has 3 rings (SSSR count). The van der Waals surface area contributed by atoms with Crippen LogP contribution < -0.4 is 10.9 Å². The number of anilines is 1. The van der Waals surface area contributed by atoms with Crippen molar-refractivity contribution in [2.75, 3.05) is 12.4 Å². The molecule has 162 valence electrons. The van der Waals surface area contributed by atoms with Gasteiger partial charge in [-0.1, -0.05) is 24.3 Å². The molecule has 1 aromatic heterocycles. The molecule has 0 saturated carbocycles. The number of aromatic amines is 1. The van der Waals surface area contributed by atoms with Crippen molar-refractivity contribution in [2.24, 2.45) is 0 Å². The Labute approximate surface area is 180 Å². The summed E-state index contributed by atoms with van der Waals surface area (Å²) in [5.41, 5.74) is -0.552. The smallest absolute Gasteiger partial charge is 0.375 e. The van der Waals surface area contributed by atoms with Gasteiger partial charge in [0.1, 0.15) is 11.6 Å². The minimum atomic E-state index is -2.12. The van der Waals surface area contributed by atoms with Crippen LogP contribution in [0.3, 0.4) is 0 Å². The number of esters is 1. The van der Waals surface area contributed by atoms with Gasteiger partial charge in [0.25, 0.3) is 17.2 Å². The van der Waals surface area contributed by atoms with Crippen molar-refractivity contribution in [3.63, 3.8) is 0 Å². The molecule has 0 spiro atoms. The average Bonchev–Trinajstić information content (AvgIpc) is 2.78. The van der Waals surface area contributed by atoms with Crippen LogP contribution in [0.4, 0.5) is 5.69 Å². The Morgan fingerprint density at radius 3 is 2.41 bits per heavy atom. The van der Waals surface area contributed by atoms with Crippen LogP contribution in [0.5, 0.6) is 0 Å². The number of benzene rings is 2. The fourth-order valence-corrected chi connectivity index (χ4v) is 2.96. The Hall–Kier alpha value is -4.47. The lowest BCUT2D eigenvalue weighted by Crippen LogP contribution is -2.39. The van der Waals surface area contributed by atoms with E-state index in [0.717, 1.165) is 7.11 Å². The number of aromatic nitrogens is 2. The highest BCUT2D eigenvalue weighted by atomic mass is 16.5. The van der Waals surface area contributed by atoms with Gasteiger partial charge in [0.15, 0.2) is 5.78 Å². The summed E-state index contributed by atoms with van der Waals surface area (Å²) in [6, 6.07) is 12.1. The van der Waals surface area contributed by atoms with Crippen LogP contribution >= 0.6 is 0 Å². The average molecular weight is 435 g/mol. The van der Waals surface area contributed by atoms with Crippen LogP contribution in [0.15, 0.2) is 53.3 Å². The molecule has 1 amide bonds. The first-order valence-electron chi connectivity index (χ1n) is 9.30. The van der Waals surface area contributed by atoms with E-state index in [0.29, 0.717) is 5.52 Å². The van der Waals surface area contributed by atoms with Crippen molar-refractivity contribution < 1.29 is 28.7 Å². The summed E-state index contributed by atoms with van der Waals surface area (Å²) in [4.78, 5) is 80.6. The first-order chi connectivity index (χ1) is 15.2. The van der Waals surface area contributed by atoms with Gasteiger partial charge in [-0.05, 0) is 31.2 Å². The quantitative estimate of drug-likeness (QED) is 0.243. The van der Waals surface area contributed by atoms with Gasteiger partial charge in [0.2, 0.25) is 5.78 Å². The molecular weight excluding hydrogens is 418 g/mol. The lowest BCUT2D eigenvalue weighted by Gasteiger charge is -2.13. The summed E-state index contributed by atoms with van der Waals surface area (Å²) >= 11 is 0. The van der Waals surface area contributed by atoms with Crippen LogP contribution in [-0.4, -0.2) is 46.3 Å². The third kappa shape index (κ3) is 4.48. The van der Waals surface area contributed by atoms with Crippen LogP contribution in [0.1, 0.15) is 28.9 Å². The third-order valence-electron chi connectivity index (χ3n) is 4.56. The van der Waals surface area contributed by atoms with Crippen LogP contribution in [0, 0.1) is 0 Å². The number of amides is 1. The Kier molecular flexibility index (Phi) is 6.34. The molecule has 2 N–H and O–H groups in total. The maximum Gasteiger partial charge on any atom is 0.375 e. The van der Waals surface area contributed by atoms with Gasteiger partial charge in [-0.15, -0.1) is 0 Å². The second kappa shape index (κ2) is 9.13. The maximum atomic E-state index is 12.9. The molecular formula is C22H17N3O7. The molecule has 10 nitrogen and oxygen atoms in total. The first kappa shape index (κ1) is 22.2. The predicted molar refractivity (Wildman–Crippen MR) is 112 cm³/mol. The number of carbonyl (C=O) groups is 5. The highest BCUT2D eigenvalue weighted by Crippen LogP contribution is 2.18. The molecule has 1 heterocycles. The van der Waals surface area contributed by atoms with Gasteiger partial charge < -0.3 is 15.0 Å². The highest BCUT2D eigenvalue weighted by Gasteiger charge is 2.40. The van der Waals surface area contributed by atoms with Crippen molar-refractivity contribution in [1.29, 1.82) is 0 Å². The molecule has 0 unspecified atom stereocenters. The number of rotatable bonds is 7. The van der Waals surface area contributed by atoms with E-state index in [1.54, 1.807) is 18.2 Å². The molecule has 1 atom stereocenters. The van der Waals surface area contributed by atoms with E-state index in [2.05, 4.69) is 20.0 Å². The number of carbonyl (C=O) groups excluding carboxylic acids is 5. The predicted octanol–water partition coefficient (Wildman–Crippen LogP) is 1.16. The van der Waals surface area contributed by atoms with Crippen LogP contribution in [0.2, 0.25) is 0 Å². The lowest BCUT2D eigenvalue weighted by atomic mass is 9.94. The first-order valence-corrected chi connectivity index (χ1v) is 9.30. The largest absolute Gasteiger partial charge is 0.463 e. The van der Waals surface area contributed by atoms with Gasteiger partial charge in [-0.25, -0.2) is 9.78 Å². The van der Waals surface area contributed by atoms with Crippen LogP contribution in [0.25, 0.3) is 11.0 Å². The van der Waals surface area contributed by atoms with E-state index >= 15 is 0 Å². The van der Waals surface area contributed by atoms with Gasteiger partial charge in [0, 0.05) is 11.3 Å². The van der Waals surface area contributed by atoms with E-state index in [1.165, 1.54) is 37.3 Å². The molecule has 10 heteroatoms. The molecule has 2 aromatic carbocycles. The Balaban J connectivity index is 2.03. The Morgan fingerprint density at radius 2 is 1.72 bits per heavy atom. The second-order valence-corrected chi connectivity index (χ2v) is 6.71. The van der Waals surface area contributed by atoms with Gasteiger partial charge in [-0.3, -0.25) is 24.0 Å². The molecule has 0 fully saturated rings. The number of nitrogens with zero attached hydrogens (tertiary/aromatic N) is 1. The number of para-hydroxylation sites is 2. The molecule has 0 aliphatic carbocycles. The molecule has 0 aliphatic heterocycles. The number of ether oxygens (including phenoxy) is 1. The SMILES string of the molecule is COC(=O)C(=O)[C@H](C(=O)C(=O)Nc1cccc(C(C)=O)c1)c1nc2ccccc2[nH]c1=O. The molecule has 32 heavy (non-hydrogen) atoms. The normalized spacial score (nSPS) is 11.4. The molecule has 0 radical (unpaired) electrons. The number of H-pyrrole nitrogens is 1. The van der Waals surface area contributed by atoms with Crippen molar-refractivity contribution >= 4 is 45.9 Å². The number of methoxy groups -OCH3 is 1. The summed E-state index contributed by atoms with van der Waals surface area (Å²) in [7, 11) is 0.924. The summed E-state index contributed by atoms with van der Waals surface area (Å²) in [6.07, 6.45) is 0. The lowest BCUT2D eigenvalue weighted by molar-refractivity contribution is -0.154. The zero-order valence-electron chi connectivity index (χ0n) is 17.0. The molecule has 0 bridgehead atoms. The minimum absolute atomic E-state index is 0.112.